The molecule has 2 aromatic rings. The van der Waals surface area contributed by atoms with Crippen molar-refractivity contribution >= 4 is 27.3 Å². The van der Waals surface area contributed by atoms with Gasteiger partial charge in [-0.3, -0.25) is 14.9 Å². The van der Waals surface area contributed by atoms with Crippen LogP contribution in [-0.2, 0) is 14.8 Å². The van der Waals surface area contributed by atoms with Crippen LogP contribution in [0.4, 0.5) is 11.4 Å². The molecule has 0 radical (unpaired) electrons. The maximum atomic E-state index is 12.8. The number of hydrogen-bond donors (Lipinski definition) is 1. The summed E-state index contributed by atoms with van der Waals surface area (Å²) in [5.41, 5.74) is 2.15. The number of amides is 1. The number of anilines is 1. The molecule has 0 spiro atoms. The fourth-order valence-electron chi connectivity index (χ4n) is 3.43. The molecule has 10 heteroatoms. The monoisotopic (exact) mass is 446 g/mol. The average molecular weight is 447 g/mol. The van der Waals surface area contributed by atoms with E-state index in [1.165, 1.54) is 22.5 Å². The second kappa shape index (κ2) is 9.54. The molecule has 0 unspecified atom stereocenters. The summed E-state index contributed by atoms with van der Waals surface area (Å²) in [7, 11) is -3.51. The van der Waals surface area contributed by atoms with Crippen molar-refractivity contribution in [3.63, 3.8) is 0 Å². The van der Waals surface area contributed by atoms with Gasteiger partial charge in [0, 0.05) is 57.0 Å². The maximum Gasteiger partial charge on any atom is 0.269 e. The van der Waals surface area contributed by atoms with Crippen LogP contribution in [-0.4, -0.2) is 61.2 Å². The average Bonchev–Trinajstić information content (AvgIpc) is 2.74. The van der Waals surface area contributed by atoms with Gasteiger partial charge in [-0.2, -0.15) is 4.31 Å². The highest BCUT2D eigenvalue weighted by molar-refractivity contribution is 7.89. The first-order valence-corrected chi connectivity index (χ1v) is 11.4. The van der Waals surface area contributed by atoms with Crippen molar-refractivity contribution in [3.8, 4) is 0 Å². The lowest BCUT2D eigenvalue weighted by atomic mass is 10.1. The molecule has 166 valence electrons. The van der Waals surface area contributed by atoms with Crippen LogP contribution in [0.15, 0.2) is 47.4 Å². The molecule has 1 aliphatic heterocycles. The quantitative estimate of drug-likeness (QED) is 0.517. The summed E-state index contributed by atoms with van der Waals surface area (Å²) in [6, 6.07) is 11.1. The second-order valence-corrected chi connectivity index (χ2v) is 9.55. The van der Waals surface area contributed by atoms with Gasteiger partial charge in [-0.15, -0.1) is 0 Å². The Morgan fingerprint density at radius 1 is 1.06 bits per heavy atom. The third-order valence-electron chi connectivity index (χ3n) is 5.34. The highest BCUT2D eigenvalue weighted by atomic mass is 32.2. The molecule has 1 fully saturated rings. The summed E-state index contributed by atoms with van der Waals surface area (Å²) in [6.07, 6.45) is 0.251. The van der Waals surface area contributed by atoms with Crippen LogP contribution >= 0.6 is 0 Å². The highest BCUT2D eigenvalue weighted by Crippen LogP contribution is 2.22. The number of nitro benzene ring substituents is 1. The van der Waals surface area contributed by atoms with Crippen LogP contribution in [0, 0.1) is 24.0 Å². The van der Waals surface area contributed by atoms with Gasteiger partial charge in [0.05, 0.1) is 9.82 Å². The molecular formula is C21H26N4O5S. The normalized spacial score (nSPS) is 15.5. The van der Waals surface area contributed by atoms with Crippen molar-refractivity contribution in [1.29, 1.82) is 0 Å². The highest BCUT2D eigenvalue weighted by Gasteiger charge is 2.28. The van der Waals surface area contributed by atoms with Crippen molar-refractivity contribution < 1.29 is 18.1 Å². The molecule has 0 atom stereocenters. The Labute approximate surface area is 181 Å². The number of aryl methyl sites for hydroxylation is 2. The Balaban J connectivity index is 1.48. The number of non-ortho nitro benzene ring substituents is 1. The van der Waals surface area contributed by atoms with Crippen LogP contribution in [0.3, 0.4) is 0 Å². The number of piperazine rings is 1. The predicted octanol–water partition coefficient (Wildman–Crippen LogP) is 2.55. The molecule has 0 bridgehead atoms. The SMILES string of the molecule is Cc1ccc(S(=O)(=O)N2CCN(CCC(=O)Nc3ccc([N+](=O)[O-])cc3C)CC2)cc1. The first-order valence-electron chi connectivity index (χ1n) is 10.0. The smallest absolute Gasteiger partial charge is 0.269 e. The molecule has 1 saturated heterocycles. The Morgan fingerprint density at radius 3 is 2.29 bits per heavy atom. The number of sulfonamides is 1. The molecule has 1 heterocycles. The molecule has 1 N–H and O–H groups in total. The van der Waals surface area contributed by atoms with Crippen LogP contribution in [0.5, 0.6) is 0 Å². The lowest BCUT2D eigenvalue weighted by Gasteiger charge is -2.33. The van der Waals surface area contributed by atoms with Crippen molar-refractivity contribution in [2.24, 2.45) is 0 Å². The van der Waals surface area contributed by atoms with E-state index < -0.39 is 14.9 Å². The molecule has 0 saturated carbocycles. The van der Waals surface area contributed by atoms with Gasteiger partial charge in [0.15, 0.2) is 0 Å². The zero-order chi connectivity index (χ0) is 22.6. The van der Waals surface area contributed by atoms with E-state index in [0.717, 1.165) is 5.56 Å². The molecule has 0 aliphatic carbocycles. The van der Waals surface area contributed by atoms with E-state index in [1.54, 1.807) is 31.2 Å². The summed E-state index contributed by atoms with van der Waals surface area (Å²) in [5.74, 6) is -0.188. The third-order valence-corrected chi connectivity index (χ3v) is 7.25. The molecule has 31 heavy (non-hydrogen) atoms. The van der Waals surface area contributed by atoms with Gasteiger partial charge >= 0.3 is 0 Å². The number of benzene rings is 2. The second-order valence-electron chi connectivity index (χ2n) is 7.61. The molecule has 9 nitrogen and oxygen atoms in total. The Hall–Kier alpha value is -2.82. The summed E-state index contributed by atoms with van der Waals surface area (Å²) < 4.78 is 27.0. The van der Waals surface area contributed by atoms with Crippen LogP contribution < -0.4 is 5.32 Å². The minimum Gasteiger partial charge on any atom is -0.326 e. The number of hydrogen-bond acceptors (Lipinski definition) is 6. The molecule has 2 aromatic carbocycles. The Kier molecular flexibility index (Phi) is 7.04. The van der Waals surface area contributed by atoms with Crippen LogP contribution in [0.25, 0.3) is 0 Å². The number of carbonyl (C=O) groups is 1. The number of rotatable bonds is 7. The van der Waals surface area contributed by atoms with E-state index in [2.05, 4.69) is 10.2 Å². The molecule has 0 aromatic heterocycles. The van der Waals surface area contributed by atoms with Gasteiger partial charge in [0.1, 0.15) is 0 Å². The number of carbonyl (C=O) groups excluding carboxylic acids is 1. The summed E-state index contributed by atoms with van der Waals surface area (Å²) in [4.78, 5) is 25.0. The van der Waals surface area contributed by atoms with E-state index >= 15 is 0 Å². The minimum absolute atomic E-state index is 0.0195. The summed E-state index contributed by atoms with van der Waals surface area (Å²) in [5, 5.41) is 13.6. The summed E-state index contributed by atoms with van der Waals surface area (Å²) in [6.45, 7) is 5.98. The van der Waals surface area contributed by atoms with Crippen molar-refractivity contribution in [2.45, 2.75) is 25.2 Å². The Morgan fingerprint density at radius 2 is 1.71 bits per heavy atom. The first-order chi connectivity index (χ1) is 14.7. The van der Waals surface area contributed by atoms with Gasteiger partial charge in [-0.1, -0.05) is 17.7 Å². The lowest BCUT2D eigenvalue weighted by Crippen LogP contribution is -2.49. The molecule has 1 amide bonds. The molecule has 3 rings (SSSR count). The minimum atomic E-state index is -3.51. The number of nitrogens with one attached hydrogen (secondary N) is 1. The summed E-state index contributed by atoms with van der Waals surface area (Å²) >= 11 is 0. The standard InChI is InChI=1S/C21H26N4O5S/c1-16-3-6-19(7-4-16)31(29,30)24-13-11-23(12-14-24)10-9-21(26)22-20-8-5-18(25(27)28)15-17(20)2/h3-8,15H,9-14H2,1-2H3,(H,22,26). The van der Waals surface area contributed by atoms with E-state index in [-0.39, 0.29) is 18.0 Å². The van der Waals surface area contributed by atoms with Gasteiger partial charge in [-0.25, -0.2) is 8.42 Å². The van der Waals surface area contributed by atoms with Crippen molar-refractivity contribution in [3.05, 3.63) is 63.7 Å². The fourth-order valence-corrected chi connectivity index (χ4v) is 4.85. The van der Waals surface area contributed by atoms with E-state index in [9.17, 15) is 23.3 Å². The van der Waals surface area contributed by atoms with Gasteiger partial charge < -0.3 is 10.2 Å². The maximum absolute atomic E-state index is 12.8. The topological polar surface area (TPSA) is 113 Å². The molecule has 1 aliphatic rings. The predicted molar refractivity (Wildman–Crippen MR) is 117 cm³/mol. The molecular weight excluding hydrogens is 420 g/mol. The van der Waals surface area contributed by atoms with Gasteiger partial charge in [0.2, 0.25) is 15.9 Å². The van der Waals surface area contributed by atoms with Crippen LogP contribution in [0.2, 0.25) is 0 Å². The third kappa shape index (κ3) is 5.66. The number of nitrogens with zero attached hydrogens (tertiary/aromatic N) is 3. The number of nitro groups is 1. The lowest BCUT2D eigenvalue weighted by molar-refractivity contribution is -0.384. The zero-order valence-electron chi connectivity index (χ0n) is 17.6. The largest absolute Gasteiger partial charge is 0.326 e. The Bertz CT molecular complexity index is 1060. The van der Waals surface area contributed by atoms with Crippen LogP contribution in [0.1, 0.15) is 17.5 Å². The van der Waals surface area contributed by atoms with Crippen molar-refractivity contribution in [1.82, 2.24) is 9.21 Å². The zero-order valence-corrected chi connectivity index (χ0v) is 18.4. The van der Waals surface area contributed by atoms with Gasteiger partial charge in [-0.05, 0) is 37.6 Å². The van der Waals surface area contributed by atoms with Crippen molar-refractivity contribution in [2.75, 3.05) is 38.0 Å². The van der Waals surface area contributed by atoms with E-state index in [0.29, 0.717) is 48.9 Å². The van der Waals surface area contributed by atoms with E-state index in [4.69, 9.17) is 0 Å². The fraction of sp³-hybridized carbons (Fsp3) is 0.381. The first kappa shape index (κ1) is 22.9. The van der Waals surface area contributed by atoms with Gasteiger partial charge in [0.25, 0.3) is 5.69 Å². The van der Waals surface area contributed by atoms with E-state index in [1.807, 2.05) is 6.92 Å².